The minimum atomic E-state index is -3.10. The summed E-state index contributed by atoms with van der Waals surface area (Å²) >= 11 is 0. The monoisotopic (exact) mass is 261 g/mol. The van der Waals surface area contributed by atoms with Gasteiger partial charge < -0.3 is 15.6 Å². The molecule has 0 bridgehead atoms. The molecule has 1 aromatic rings. The first-order valence-electron chi connectivity index (χ1n) is 4.99. The zero-order chi connectivity index (χ0) is 12.9. The summed E-state index contributed by atoms with van der Waals surface area (Å²) in [6.07, 6.45) is 2.66. The third-order valence-electron chi connectivity index (χ3n) is 2.06. The van der Waals surface area contributed by atoms with E-state index in [1.165, 1.54) is 6.20 Å². The van der Waals surface area contributed by atoms with Crippen LogP contribution in [0.3, 0.4) is 0 Å². The molecule has 1 atom stereocenters. The molecule has 1 aromatic heterocycles. The summed E-state index contributed by atoms with van der Waals surface area (Å²) < 4.78 is 26.6. The van der Waals surface area contributed by atoms with Gasteiger partial charge in [-0.25, -0.2) is 8.42 Å². The van der Waals surface area contributed by atoms with Crippen LogP contribution < -0.4 is 11.1 Å². The van der Waals surface area contributed by atoms with E-state index in [4.69, 9.17) is 10.3 Å². The Morgan fingerprint density at radius 3 is 2.88 bits per heavy atom. The number of aromatic nitrogens is 1. The lowest BCUT2D eigenvalue weighted by molar-refractivity contribution is -0.122. The Bertz CT molecular complexity index is 455. The van der Waals surface area contributed by atoms with E-state index in [0.717, 1.165) is 6.26 Å². The van der Waals surface area contributed by atoms with E-state index in [2.05, 4.69) is 10.5 Å². The quantitative estimate of drug-likeness (QED) is 0.682. The Morgan fingerprint density at radius 1 is 1.65 bits per heavy atom. The van der Waals surface area contributed by atoms with Crippen LogP contribution in [0.2, 0.25) is 0 Å². The standard InChI is InChI=1S/C9H15N3O4S/c1-17(14,15)5-3-8(10)9(13)11-6-7-2-4-12-16-7/h2,4,8H,3,5-6,10H2,1H3,(H,11,13). The highest BCUT2D eigenvalue weighted by Crippen LogP contribution is 1.97. The molecule has 0 spiro atoms. The third kappa shape index (κ3) is 5.45. The molecule has 0 aliphatic rings. The molecule has 1 amide bonds. The predicted octanol–water partition coefficient (Wildman–Crippen LogP) is -0.947. The van der Waals surface area contributed by atoms with Crippen LogP contribution in [0.1, 0.15) is 12.2 Å². The van der Waals surface area contributed by atoms with Gasteiger partial charge in [0.25, 0.3) is 0 Å². The maximum absolute atomic E-state index is 11.5. The van der Waals surface area contributed by atoms with Crippen LogP contribution in [0.15, 0.2) is 16.8 Å². The molecule has 1 rings (SSSR count). The van der Waals surface area contributed by atoms with Crippen molar-refractivity contribution in [1.82, 2.24) is 10.5 Å². The van der Waals surface area contributed by atoms with Gasteiger partial charge in [0.2, 0.25) is 5.91 Å². The molecular formula is C9H15N3O4S. The number of nitrogens with zero attached hydrogens (tertiary/aromatic N) is 1. The molecule has 17 heavy (non-hydrogen) atoms. The molecule has 0 aromatic carbocycles. The zero-order valence-electron chi connectivity index (χ0n) is 9.42. The highest BCUT2D eigenvalue weighted by molar-refractivity contribution is 7.90. The summed E-state index contributed by atoms with van der Waals surface area (Å²) in [5.41, 5.74) is 5.54. The topological polar surface area (TPSA) is 115 Å². The van der Waals surface area contributed by atoms with Gasteiger partial charge in [-0.3, -0.25) is 4.79 Å². The predicted molar refractivity (Wildman–Crippen MR) is 60.7 cm³/mol. The second kappa shape index (κ2) is 5.78. The molecule has 7 nitrogen and oxygen atoms in total. The van der Waals surface area contributed by atoms with Crippen molar-refractivity contribution in [2.24, 2.45) is 5.73 Å². The second-order valence-corrected chi connectivity index (χ2v) is 5.98. The van der Waals surface area contributed by atoms with Gasteiger partial charge in [0.05, 0.1) is 24.5 Å². The maximum atomic E-state index is 11.5. The minimum Gasteiger partial charge on any atom is -0.360 e. The summed E-state index contributed by atoms with van der Waals surface area (Å²) in [5, 5.41) is 6.01. The van der Waals surface area contributed by atoms with Crippen molar-refractivity contribution in [2.75, 3.05) is 12.0 Å². The molecule has 0 aliphatic heterocycles. The normalized spacial score (nSPS) is 13.3. The molecule has 0 fully saturated rings. The van der Waals surface area contributed by atoms with Crippen molar-refractivity contribution < 1.29 is 17.7 Å². The number of nitrogens with one attached hydrogen (secondary N) is 1. The van der Waals surface area contributed by atoms with Crippen molar-refractivity contribution in [1.29, 1.82) is 0 Å². The lowest BCUT2D eigenvalue weighted by atomic mass is 10.2. The number of carbonyl (C=O) groups is 1. The first kappa shape index (κ1) is 13.7. The number of carbonyl (C=O) groups excluding carboxylic acids is 1. The molecule has 0 aliphatic carbocycles. The van der Waals surface area contributed by atoms with Gasteiger partial charge in [-0.15, -0.1) is 0 Å². The van der Waals surface area contributed by atoms with Gasteiger partial charge in [-0.1, -0.05) is 5.16 Å². The van der Waals surface area contributed by atoms with Crippen molar-refractivity contribution in [2.45, 2.75) is 19.0 Å². The van der Waals surface area contributed by atoms with E-state index in [9.17, 15) is 13.2 Å². The Balaban J connectivity index is 2.32. The van der Waals surface area contributed by atoms with E-state index in [-0.39, 0.29) is 18.7 Å². The average molecular weight is 261 g/mol. The number of amides is 1. The van der Waals surface area contributed by atoms with E-state index in [0.29, 0.717) is 5.76 Å². The smallest absolute Gasteiger partial charge is 0.237 e. The summed E-state index contributed by atoms with van der Waals surface area (Å²) in [7, 11) is -3.10. The Hall–Kier alpha value is -1.41. The van der Waals surface area contributed by atoms with Gasteiger partial charge in [0.15, 0.2) is 5.76 Å². The number of hydrogen-bond acceptors (Lipinski definition) is 6. The van der Waals surface area contributed by atoms with Crippen LogP contribution >= 0.6 is 0 Å². The first-order valence-corrected chi connectivity index (χ1v) is 7.05. The second-order valence-electron chi connectivity index (χ2n) is 3.72. The van der Waals surface area contributed by atoms with E-state index >= 15 is 0 Å². The molecule has 96 valence electrons. The summed E-state index contributed by atoms with van der Waals surface area (Å²) in [5.74, 6) is -0.0112. The lowest BCUT2D eigenvalue weighted by Crippen LogP contribution is -2.41. The lowest BCUT2D eigenvalue weighted by Gasteiger charge is -2.10. The summed E-state index contributed by atoms with van der Waals surface area (Å²) in [6.45, 7) is 0.186. The molecule has 0 saturated carbocycles. The largest absolute Gasteiger partial charge is 0.360 e. The number of sulfone groups is 1. The van der Waals surface area contributed by atoms with Crippen LogP contribution in [-0.2, 0) is 21.2 Å². The Morgan fingerprint density at radius 2 is 2.35 bits per heavy atom. The van der Waals surface area contributed by atoms with Gasteiger partial charge >= 0.3 is 0 Å². The molecule has 3 N–H and O–H groups in total. The fraction of sp³-hybridized carbons (Fsp3) is 0.556. The van der Waals surface area contributed by atoms with Crippen molar-refractivity contribution in [3.8, 4) is 0 Å². The Labute approximate surface area is 99.3 Å². The van der Waals surface area contributed by atoms with E-state index in [1.54, 1.807) is 6.07 Å². The van der Waals surface area contributed by atoms with Gasteiger partial charge in [0, 0.05) is 12.3 Å². The zero-order valence-corrected chi connectivity index (χ0v) is 10.2. The van der Waals surface area contributed by atoms with Crippen LogP contribution in [0.5, 0.6) is 0 Å². The molecular weight excluding hydrogens is 246 g/mol. The number of nitrogens with two attached hydrogens (primary N) is 1. The average Bonchev–Trinajstić information content (AvgIpc) is 2.74. The highest BCUT2D eigenvalue weighted by atomic mass is 32.2. The maximum Gasteiger partial charge on any atom is 0.237 e. The first-order chi connectivity index (χ1) is 7.88. The fourth-order valence-electron chi connectivity index (χ4n) is 1.11. The summed E-state index contributed by atoms with van der Waals surface area (Å²) in [6, 6.07) is 0.773. The van der Waals surface area contributed by atoms with E-state index < -0.39 is 21.8 Å². The SMILES string of the molecule is CS(=O)(=O)CCC(N)C(=O)NCc1ccno1. The van der Waals surface area contributed by atoms with Crippen LogP contribution in [0.25, 0.3) is 0 Å². The highest BCUT2D eigenvalue weighted by Gasteiger charge is 2.15. The molecule has 1 heterocycles. The van der Waals surface area contributed by atoms with Crippen molar-refractivity contribution in [3.05, 3.63) is 18.0 Å². The fourth-order valence-corrected chi connectivity index (χ4v) is 1.79. The van der Waals surface area contributed by atoms with Crippen LogP contribution in [-0.4, -0.2) is 37.5 Å². The summed E-state index contributed by atoms with van der Waals surface area (Å²) in [4.78, 5) is 11.5. The van der Waals surface area contributed by atoms with Crippen LogP contribution in [0, 0.1) is 0 Å². The number of rotatable bonds is 6. The molecule has 0 saturated heterocycles. The van der Waals surface area contributed by atoms with Gasteiger partial charge in [-0.05, 0) is 6.42 Å². The minimum absolute atomic E-state index is 0.0983. The third-order valence-corrected chi connectivity index (χ3v) is 3.04. The van der Waals surface area contributed by atoms with Crippen molar-refractivity contribution in [3.63, 3.8) is 0 Å². The molecule has 0 radical (unpaired) electrons. The van der Waals surface area contributed by atoms with Gasteiger partial charge in [0.1, 0.15) is 9.84 Å². The number of hydrogen-bond donors (Lipinski definition) is 2. The van der Waals surface area contributed by atoms with Crippen molar-refractivity contribution >= 4 is 15.7 Å². The Kier molecular flexibility index (Phi) is 4.64. The van der Waals surface area contributed by atoms with E-state index in [1.807, 2.05) is 0 Å². The molecule has 8 heteroatoms. The van der Waals surface area contributed by atoms with Gasteiger partial charge in [-0.2, -0.15) is 0 Å². The van der Waals surface area contributed by atoms with Crippen LogP contribution in [0.4, 0.5) is 0 Å². The molecule has 1 unspecified atom stereocenters.